The van der Waals surface area contributed by atoms with E-state index >= 15 is 0 Å². The molecular weight excluding hydrogens is 520 g/mol. The van der Waals surface area contributed by atoms with Gasteiger partial charge < -0.3 is 10.6 Å². The van der Waals surface area contributed by atoms with Crippen LogP contribution >= 0.6 is 11.6 Å². The molecule has 1 aliphatic heterocycles. The molecule has 2 unspecified atom stereocenters. The standard InChI is InChI=1S/C29H41ClN4O3S/c1-38(36,37)34(21-24-8-4-2-5-9-24)22-28(25-10-6-3-7-11-25)32-16-18-33(19-17-32)29(35)27(31)20-23-12-14-26(30)15-13-23/h2,4-5,8-9,12-15,25,27-28H,3,6-7,10-11,16-22,31H2,1H3. The average molecular weight is 561 g/mol. The van der Waals surface area contributed by atoms with Gasteiger partial charge in [0.15, 0.2) is 0 Å². The lowest BCUT2D eigenvalue weighted by Crippen LogP contribution is -2.59. The summed E-state index contributed by atoms with van der Waals surface area (Å²) in [5, 5.41) is 0.662. The molecule has 0 aromatic heterocycles. The third-order valence-electron chi connectivity index (χ3n) is 8.04. The summed E-state index contributed by atoms with van der Waals surface area (Å²) in [4.78, 5) is 17.4. The van der Waals surface area contributed by atoms with Crippen molar-refractivity contribution in [2.75, 3.05) is 39.0 Å². The van der Waals surface area contributed by atoms with Crippen molar-refractivity contribution in [2.24, 2.45) is 11.7 Å². The smallest absolute Gasteiger partial charge is 0.239 e. The second-order valence-electron chi connectivity index (χ2n) is 10.8. The molecule has 1 aliphatic carbocycles. The van der Waals surface area contributed by atoms with Crippen molar-refractivity contribution in [2.45, 2.75) is 57.2 Å². The lowest BCUT2D eigenvalue weighted by molar-refractivity contribution is -0.134. The molecule has 1 heterocycles. The molecule has 9 heteroatoms. The quantitative estimate of drug-likeness (QED) is 0.478. The number of hydrogen-bond donors (Lipinski definition) is 1. The summed E-state index contributed by atoms with van der Waals surface area (Å²) in [6, 6.07) is 16.8. The summed E-state index contributed by atoms with van der Waals surface area (Å²) >= 11 is 5.98. The molecule has 208 valence electrons. The number of hydrogen-bond acceptors (Lipinski definition) is 5. The van der Waals surface area contributed by atoms with E-state index < -0.39 is 16.1 Å². The van der Waals surface area contributed by atoms with Gasteiger partial charge in [-0.05, 0) is 48.4 Å². The molecule has 0 spiro atoms. The molecule has 1 amide bonds. The van der Waals surface area contributed by atoms with Gasteiger partial charge in [-0.1, -0.05) is 73.3 Å². The molecule has 0 bridgehead atoms. The molecule has 2 fully saturated rings. The van der Waals surface area contributed by atoms with E-state index in [0.717, 1.165) is 37.1 Å². The number of benzene rings is 2. The summed E-state index contributed by atoms with van der Waals surface area (Å²) in [6.45, 7) is 3.51. The van der Waals surface area contributed by atoms with Crippen molar-refractivity contribution < 1.29 is 13.2 Å². The second-order valence-corrected chi connectivity index (χ2v) is 13.2. The van der Waals surface area contributed by atoms with Crippen LogP contribution in [-0.4, -0.2) is 79.5 Å². The Balaban J connectivity index is 1.42. The number of rotatable bonds is 10. The Hall–Kier alpha value is -1.97. The Labute approximate surface area is 233 Å². The van der Waals surface area contributed by atoms with Gasteiger partial charge in [0.2, 0.25) is 15.9 Å². The first-order valence-corrected chi connectivity index (χ1v) is 16.0. The minimum atomic E-state index is -3.39. The molecule has 2 N–H and O–H groups in total. The van der Waals surface area contributed by atoms with Gasteiger partial charge in [0.05, 0.1) is 12.3 Å². The fourth-order valence-electron chi connectivity index (χ4n) is 5.86. The number of amides is 1. The van der Waals surface area contributed by atoms with Crippen LogP contribution in [0.15, 0.2) is 54.6 Å². The Morgan fingerprint density at radius 2 is 1.61 bits per heavy atom. The zero-order valence-corrected chi connectivity index (χ0v) is 23.9. The third kappa shape index (κ3) is 8.02. The Bertz CT molecular complexity index is 1130. The topological polar surface area (TPSA) is 87.0 Å². The summed E-state index contributed by atoms with van der Waals surface area (Å²) in [5.74, 6) is 0.425. The maximum Gasteiger partial charge on any atom is 0.239 e. The highest BCUT2D eigenvalue weighted by molar-refractivity contribution is 7.88. The van der Waals surface area contributed by atoms with Crippen molar-refractivity contribution in [1.29, 1.82) is 0 Å². The lowest BCUT2D eigenvalue weighted by Gasteiger charge is -2.45. The summed E-state index contributed by atoms with van der Waals surface area (Å²) in [6.07, 6.45) is 7.66. The van der Waals surface area contributed by atoms with Gasteiger partial charge in [0.1, 0.15) is 0 Å². The number of halogens is 1. The Morgan fingerprint density at radius 3 is 2.21 bits per heavy atom. The Morgan fingerprint density at radius 1 is 0.974 bits per heavy atom. The lowest BCUT2D eigenvalue weighted by atomic mass is 9.83. The van der Waals surface area contributed by atoms with E-state index in [1.165, 1.54) is 25.5 Å². The van der Waals surface area contributed by atoms with Crippen LogP contribution in [0.4, 0.5) is 0 Å². The molecule has 4 rings (SSSR count). The van der Waals surface area contributed by atoms with Crippen molar-refractivity contribution >= 4 is 27.5 Å². The van der Waals surface area contributed by atoms with Crippen LogP contribution in [0.2, 0.25) is 5.02 Å². The number of nitrogens with zero attached hydrogens (tertiary/aromatic N) is 3. The van der Waals surface area contributed by atoms with Crippen LogP contribution in [0.1, 0.15) is 43.2 Å². The van der Waals surface area contributed by atoms with Crippen LogP contribution in [0.5, 0.6) is 0 Å². The van der Waals surface area contributed by atoms with E-state index in [1.54, 1.807) is 4.31 Å². The fourth-order valence-corrected chi connectivity index (χ4v) is 6.80. The SMILES string of the molecule is CS(=O)(=O)N(Cc1ccccc1)CC(C1CCCCC1)N1CCN(C(=O)C(N)Cc2ccc(Cl)cc2)CC1. The van der Waals surface area contributed by atoms with Gasteiger partial charge in [-0.2, -0.15) is 4.31 Å². The van der Waals surface area contributed by atoms with Crippen molar-refractivity contribution in [3.63, 3.8) is 0 Å². The van der Waals surface area contributed by atoms with Crippen LogP contribution in [-0.2, 0) is 27.8 Å². The monoisotopic (exact) mass is 560 g/mol. The van der Waals surface area contributed by atoms with Gasteiger partial charge in [-0.15, -0.1) is 0 Å². The minimum Gasteiger partial charge on any atom is -0.339 e. The zero-order valence-electron chi connectivity index (χ0n) is 22.3. The maximum absolute atomic E-state index is 13.1. The first-order valence-electron chi connectivity index (χ1n) is 13.7. The predicted molar refractivity (Wildman–Crippen MR) is 153 cm³/mol. The highest BCUT2D eigenvalue weighted by Crippen LogP contribution is 2.31. The molecule has 2 aromatic carbocycles. The van der Waals surface area contributed by atoms with Gasteiger partial charge in [0, 0.05) is 50.3 Å². The highest BCUT2D eigenvalue weighted by atomic mass is 35.5. The van der Waals surface area contributed by atoms with Crippen LogP contribution in [0.3, 0.4) is 0 Å². The molecule has 7 nitrogen and oxygen atoms in total. The second kappa shape index (κ2) is 13.4. The molecule has 2 aliphatic rings. The van der Waals surface area contributed by atoms with E-state index in [2.05, 4.69) is 4.90 Å². The normalized spacial score (nSPS) is 19.4. The molecule has 1 saturated heterocycles. The molecule has 2 aromatic rings. The van der Waals surface area contributed by atoms with E-state index in [1.807, 2.05) is 59.5 Å². The highest BCUT2D eigenvalue weighted by Gasteiger charge is 2.35. The molecule has 38 heavy (non-hydrogen) atoms. The first-order chi connectivity index (χ1) is 18.2. The molecule has 0 radical (unpaired) electrons. The minimum absolute atomic E-state index is 0.0318. The van der Waals surface area contributed by atoms with Gasteiger partial charge in [-0.3, -0.25) is 9.69 Å². The zero-order chi connectivity index (χ0) is 27.1. The van der Waals surface area contributed by atoms with Crippen molar-refractivity contribution in [3.05, 3.63) is 70.7 Å². The van der Waals surface area contributed by atoms with Gasteiger partial charge >= 0.3 is 0 Å². The summed E-state index contributed by atoms with van der Waals surface area (Å²) in [5.41, 5.74) is 8.29. The Kier molecular flexibility index (Phi) is 10.2. The largest absolute Gasteiger partial charge is 0.339 e. The number of sulfonamides is 1. The predicted octanol–water partition coefficient (Wildman–Crippen LogP) is 3.76. The molecule has 1 saturated carbocycles. The van der Waals surface area contributed by atoms with Crippen molar-refractivity contribution in [3.8, 4) is 0 Å². The average Bonchev–Trinajstić information content (AvgIpc) is 2.92. The summed E-state index contributed by atoms with van der Waals surface area (Å²) in [7, 11) is -3.39. The van der Waals surface area contributed by atoms with E-state index in [4.69, 9.17) is 17.3 Å². The number of piperazine rings is 1. The molecule has 2 atom stereocenters. The van der Waals surface area contributed by atoms with Crippen LogP contribution in [0.25, 0.3) is 0 Å². The van der Waals surface area contributed by atoms with Gasteiger partial charge in [-0.25, -0.2) is 8.42 Å². The maximum atomic E-state index is 13.1. The van der Waals surface area contributed by atoms with E-state index in [9.17, 15) is 13.2 Å². The number of carbonyl (C=O) groups is 1. The van der Waals surface area contributed by atoms with Crippen LogP contribution in [0, 0.1) is 5.92 Å². The van der Waals surface area contributed by atoms with Gasteiger partial charge in [0.25, 0.3) is 0 Å². The summed E-state index contributed by atoms with van der Waals surface area (Å²) < 4.78 is 27.4. The number of carbonyl (C=O) groups excluding carboxylic acids is 1. The fraction of sp³-hybridized carbons (Fsp3) is 0.552. The first kappa shape index (κ1) is 29.0. The van der Waals surface area contributed by atoms with E-state index in [0.29, 0.717) is 43.5 Å². The van der Waals surface area contributed by atoms with E-state index in [-0.39, 0.29) is 11.9 Å². The third-order valence-corrected chi connectivity index (χ3v) is 9.50. The molecular formula is C29H41ClN4O3S. The number of nitrogens with two attached hydrogens (primary N) is 1. The van der Waals surface area contributed by atoms with Crippen molar-refractivity contribution in [1.82, 2.24) is 14.1 Å². The van der Waals surface area contributed by atoms with Crippen LogP contribution < -0.4 is 5.73 Å².